The van der Waals surface area contributed by atoms with Crippen molar-refractivity contribution >= 4 is 35.4 Å². The first kappa shape index (κ1) is 35.2. The van der Waals surface area contributed by atoms with Gasteiger partial charge in [0.05, 0.1) is 23.7 Å². The number of halogens is 3. The molecular weight excluding hydrogens is 627 g/mol. The van der Waals surface area contributed by atoms with Crippen molar-refractivity contribution in [3.8, 4) is 11.8 Å². The number of guanidine groups is 1. The highest BCUT2D eigenvalue weighted by atomic mass is 19.4. The summed E-state index contributed by atoms with van der Waals surface area (Å²) < 4.78 is 43.2. The second kappa shape index (κ2) is 15.3. The van der Waals surface area contributed by atoms with Crippen LogP contribution in [0.25, 0.3) is 0 Å². The van der Waals surface area contributed by atoms with E-state index in [-0.39, 0.29) is 11.5 Å². The summed E-state index contributed by atoms with van der Waals surface area (Å²) in [6.07, 6.45) is -5.24. The lowest BCUT2D eigenvalue weighted by atomic mass is 9.95. The van der Waals surface area contributed by atoms with E-state index in [1.807, 2.05) is 0 Å². The van der Waals surface area contributed by atoms with Gasteiger partial charge in [0, 0.05) is 24.6 Å². The zero-order valence-electron chi connectivity index (χ0n) is 26.2. The number of alkyl halides is 3. The number of rotatable bonds is 9. The molecule has 4 rings (SSSR count). The van der Waals surface area contributed by atoms with Crippen LogP contribution in [0.4, 0.5) is 18.9 Å². The number of esters is 2. The molecule has 250 valence electrons. The van der Waals surface area contributed by atoms with Gasteiger partial charge in [-0.2, -0.15) is 13.2 Å². The number of nitrogens with two attached hydrogens (primary N) is 2. The average Bonchev–Trinajstić information content (AvgIpc) is 3.13. The predicted octanol–water partition coefficient (Wildman–Crippen LogP) is 4.79. The Morgan fingerprint density at radius 3 is 2.23 bits per heavy atom. The maximum absolute atomic E-state index is 14.8. The Hall–Kier alpha value is -5.64. The maximum atomic E-state index is 14.8. The van der Waals surface area contributed by atoms with Crippen molar-refractivity contribution in [1.82, 2.24) is 4.90 Å². The van der Waals surface area contributed by atoms with Crippen LogP contribution in [0.5, 0.6) is 0 Å². The number of ether oxygens (including phenoxy) is 1. The van der Waals surface area contributed by atoms with Crippen molar-refractivity contribution < 1.29 is 37.1 Å². The summed E-state index contributed by atoms with van der Waals surface area (Å²) in [5.41, 5.74) is 12.3. The molecule has 3 aromatic rings. The Morgan fingerprint density at radius 1 is 0.979 bits per heavy atom. The van der Waals surface area contributed by atoms with Crippen LogP contribution in [0, 0.1) is 11.8 Å². The van der Waals surface area contributed by atoms with E-state index in [2.05, 4.69) is 21.6 Å². The minimum absolute atomic E-state index is 0.0242. The van der Waals surface area contributed by atoms with Gasteiger partial charge in [-0.1, -0.05) is 72.5 Å². The maximum Gasteiger partial charge on any atom is 0.491 e. The number of benzene rings is 3. The normalized spacial score (nSPS) is 15.2. The molecule has 2 unspecified atom stereocenters. The molecule has 2 amide bonds. The molecule has 1 aliphatic rings. The molecular formula is C35H34F3N5O5. The molecule has 0 spiro atoms. The lowest BCUT2D eigenvalue weighted by molar-refractivity contribution is -0.202. The number of anilines is 1. The molecule has 13 heteroatoms. The average molecular weight is 662 g/mol. The Morgan fingerprint density at radius 2 is 1.62 bits per heavy atom. The van der Waals surface area contributed by atoms with Crippen molar-refractivity contribution in [3.63, 3.8) is 0 Å². The lowest BCUT2D eigenvalue weighted by Gasteiger charge is -2.37. The third-order valence-electron chi connectivity index (χ3n) is 7.41. The van der Waals surface area contributed by atoms with E-state index < -0.39 is 54.5 Å². The second-order valence-corrected chi connectivity index (χ2v) is 11.2. The molecule has 0 saturated carbocycles. The number of fused-ring (bicyclic) bond motifs is 1. The number of amides is 2. The van der Waals surface area contributed by atoms with E-state index >= 15 is 0 Å². The molecule has 0 saturated heterocycles. The molecule has 0 fully saturated rings. The summed E-state index contributed by atoms with van der Waals surface area (Å²) >= 11 is 0. The monoisotopic (exact) mass is 661 g/mol. The van der Waals surface area contributed by atoms with Gasteiger partial charge in [0.1, 0.15) is 6.04 Å². The van der Waals surface area contributed by atoms with Gasteiger partial charge >= 0.3 is 18.1 Å². The molecule has 0 radical (unpaired) electrons. The predicted molar refractivity (Wildman–Crippen MR) is 172 cm³/mol. The molecule has 0 aromatic heterocycles. The molecule has 10 nitrogen and oxygen atoms in total. The third-order valence-corrected chi connectivity index (χ3v) is 7.41. The Kier molecular flexibility index (Phi) is 11.2. The lowest BCUT2D eigenvalue weighted by Crippen LogP contribution is -2.46. The number of carbonyl (C=O) groups excluding carboxylic acids is 4. The SMILES string of the molecule is CC(C)N1C(=O)C(c2ccccc2)N(C(CC(=O)OC(=O)C(F)(F)F)c2ccccc2)C(=O)c2cc(C#CCCCN=C(N)N)ccc21. The number of carbonyl (C=O) groups is 4. The number of nitrogens with zero attached hydrogens (tertiary/aromatic N) is 3. The smallest absolute Gasteiger partial charge is 0.386 e. The molecule has 0 aliphatic carbocycles. The fourth-order valence-electron chi connectivity index (χ4n) is 5.37. The van der Waals surface area contributed by atoms with E-state index in [1.54, 1.807) is 86.6 Å². The van der Waals surface area contributed by atoms with Crippen LogP contribution >= 0.6 is 0 Å². The zero-order valence-corrected chi connectivity index (χ0v) is 26.2. The van der Waals surface area contributed by atoms with Crippen molar-refractivity contribution in [1.29, 1.82) is 0 Å². The highest BCUT2D eigenvalue weighted by molar-refractivity contribution is 6.12. The van der Waals surface area contributed by atoms with Crippen molar-refractivity contribution in [3.05, 3.63) is 101 Å². The van der Waals surface area contributed by atoms with Gasteiger partial charge in [0.2, 0.25) is 0 Å². The van der Waals surface area contributed by atoms with E-state index in [1.165, 1.54) is 15.9 Å². The van der Waals surface area contributed by atoms with Crippen LogP contribution in [0.15, 0.2) is 83.9 Å². The van der Waals surface area contributed by atoms with Crippen molar-refractivity contribution in [2.24, 2.45) is 16.5 Å². The Bertz CT molecular complexity index is 1750. The van der Waals surface area contributed by atoms with Crippen LogP contribution in [0.2, 0.25) is 0 Å². The van der Waals surface area contributed by atoms with E-state index in [4.69, 9.17) is 11.5 Å². The molecule has 1 heterocycles. The van der Waals surface area contributed by atoms with Gasteiger partial charge in [-0.25, -0.2) is 4.79 Å². The molecule has 0 bridgehead atoms. The molecule has 4 N–H and O–H groups in total. The molecule has 48 heavy (non-hydrogen) atoms. The van der Waals surface area contributed by atoms with Crippen LogP contribution in [-0.2, 0) is 19.1 Å². The zero-order chi connectivity index (χ0) is 35.0. The summed E-state index contributed by atoms with van der Waals surface area (Å²) in [7, 11) is 0. The minimum atomic E-state index is -5.42. The fourth-order valence-corrected chi connectivity index (χ4v) is 5.37. The third kappa shape index (κ3) is 8.38. The number of hydrogen-bond acceptors (Lipinski definition) is 6. The molecule has 1 aliphatic heterocycles. The highest BCUT2D eigenvalue weighted by Crippen LogP contribution is 2.42. The van der Waals surface area contributed by atoms with Crippen LogP contribution in [0.1, 0.15) is 72.2 Å². The van der Waals surface area contributed by atoms with Gasteiger partial charge in [0.15, 0.2) is 5.96 Å². The number of unbranched alkanes of at least 4 members (excludes halogenated alkanes) is 1. The summed E-state index contributed by atoms with van der Waals surface area (Å²) in [5, 5.41) is 0. The quantitative estimate of drug-likeness (QED) is 0.0837. The summed E-state index contributed by atoms with van der Waals surface area (Å²) in [6, 6.07) is 18.2. The first-order valence-corrected chi connectivity index (χ1v) is 15.0. The van der Waals surface area contributed by atoms with Crippen LogP contribution in [0.3, 0.4) is 0 Å². The number of aliphatic imine (C=N–C) groups is 1. The summed E-state index contributed by atoms with van der Waals surface area (Å²) in [6.45, 7) is 3.95. The highest BCUT2D eigenvalue weighted by Gasteiger charge is 2.47. The fraction of sp³-hybridized carbons (Fsp3) is 0.286. The van der Waals surface area contributed by atoms with Gasteiger partial charge in [-0.15, -0.1) is 0 Å². The van der Waals surface area contributed by atoms with Gasteiger partial charge in [-0.3, -0.25) is 19.4 Å². The molecule has 2 atom stereocenters. The minimum Gasteiger partial charge on any atom is -0.386 e. The van der Waals surface area contributed by atoms with E-state index in [0.29, 0.717) is 41.8 Å². The second-order valence-electron chi connectivity index (χ2n) is 11.2. The van der Waals surface area contributed by atoms with Crippen molar-refractivity contribution in [2.75, 3.05) is 11.4 Å². The van der Waals surface area contributed by atoms with Crippen LogP contribution < -0.4 is 16.4 Å². The summed E-state index contributed by atoms with van der Waals surface area (Å²) in [5.74, 6) is 0.598. The van der Waals surface area contributed by atoms with Gasteiger partial charge in [0.25, 0.3) is 11.8 Å². The topological polar surface area (TPSA) is 148 Å². The first-order chi connectivity index (χ1) is 22.8. The first-order valence-electron chi connectivity index (χ1n) is 15.0. The van der Waals surface area contributed by atoms with Gasteiger partial charge < -0.3 is 26.0 Å². The Balaban J connectivity index is 1.88. The number of hydrogen-bond donors (Lipinski definition) is 2. The standard InChI is InChI=1S/C35H34F3N5O5/c1-22(2)42-27-18-17-23(12-6-5-11-19-41-34(39)40)20-26(27)31(45)43(30(32(42)46)25-15-9-4-10-16-25)28(24-13-7-3-8-14-24)21-29(44)48-33(47)35(36,37)38/h3-4,7-10,13-18,20,22,28,30H,5,11,19,21H2,1-2H3,(H4,39,40,41). The van der Waals surface area contributed by atoms with Crippen LogP contribution in [-0.4, -0.2) is 53.4 Å². The van der Waals surface area contributed by atoms with Crippen molar-refractivity contribution in [2.45, 2.75) is 57.4 Å². The molecule has 3 aromatic carbocycles. The summed E-state index contributed by atoms with van der Waals surface area (Å²) in [4.78, 5) is 60.5. The largest absolute Gasteiger partial charge is 0.491 e. The van der Waals surface area contributed by atoms with E-state index in [9.17, 15) is 32.3 Å². The van der Waals surface area contributed by atoms with E-state index in [0.717, 1.165) is 0 Å². The van der Waals surface area contributed by atoms with Gasteiger partial charge in [-0.05, 0) is 49.6 Å². The Labute approximate surface area is 275 Å².